The summed E-state index contributed by atoms with van der Waals surface area (Å²) in [5.74, 6) is -0.815. The topological polar surface area (TPSA) is 78.9 Å². The molecule has 0 amide bonds. The average Bonchev–Trinajstić information content (AvgIpc) is 3.47. The number of esters is 3. The lowest BCUT2D eigenvalue weighted by Crippen LogP contribution is -2.30. The molecular weight excluding hydrogens is 997 g/mol. The van der Waals surface area contributed by atoms with Crippen molar-refractivity contribution in [3.05, 3.63) is 0 Å². The largest absolute Gasteiger partial charge is 0.462 e. The van der Waals surface area contributed by atoms with Crippen molar-refractivity contribution in [2.24, 2.45) is 0 Å². The van der Waals surface area contributed by atoms with Crippen LogP contribution in [0.5, 0.6) is 0 Å². The zero-order valence-electron chi connectivity index (χ0n) is 55.6. The van der Waals surface area contributed by atoms with E-state index in [0.717, 1.165) is 57.8 Å². The highest BCUT2D eigenvalue weighted by Gasteiger charge is 2.20. The Morgan fingerprint density at radius 1 is 0.198 bits per heavy atom. The van der Waals surface area contributed by atoms with E-state index >= 15 is 0 Å². The lowest BCUT2D eigenvalue weighted by molar-refractivity contribution is -0.167. The number of hydrogen-bond acceptors (Lipinski definition) is 6. The van der Waals surface area contributed by atoms with Crippen LogP contribution < -0.4 is 0 Å². The molecule has 0 rings (SSSR count). The molecule has 6 nitrogen and oxygen atoms in total. The first kappa shape index (κ1) is 79.4. The van der Waals surface area contributed by atoms with Crippen molar-refractivity contribution < 1.29 is 28.6 Å². The van der Waals surface area contributed by atoms with Crippen molar-refractivity contribution in [3.8, 4) is 0 Å². The van der Waals surface area contributed by atoms with E-state index in [1.165, 1.54) is 347 Å². The van der Waals surface area contributed by atoms with E-state index in [0.29, 0.717) is 19.3 Å². The molecule has 0 aliphatic heterocycles. The molecule has 0 aromatic heterocycles. The molecule has 0 aliphatic rings. The van der Waals surface area contributed by atoms with Crippen LogP contribution in [-0.4, -0.2) is 37.2 Å². The Morgan fingerprint density at radius 2 is 0.333 bits per heavy atom. The van der Waals surface area contributed by atoms with E-state index in [1.54, 1.807) is 0 Å². The molecule has 0 saturated heterocycles. The highest BCUT2D eigenvalue weighted by atomic mass is 16.6. The van der Waals surface area contributed by atoms with Crippen LogP contribution in [0.1, 0.15) is 445 Å². The molecule has 482 valence electrons. The Balaban J connectivity index is 4.22. The van der Waals surface area contributed by atoms with Gasteiger partial charge in [0.25, 0.3) is 0 Å². The van der Waals surface area contributed by atoms with Crippen LogP contribution in [-0.2, 0) is 28.6 Å². The van der Waals surface area contributed by atoms with Gasteiger partial charge in [-0.3, -0.25) is 14.4 Å². The summed E-state index contributed by atoms with van der Waals surface area (Å²) in [6.45, 7) is 6.76. The van der Waals surface area contributed by atoms with Crippen LogP contribution in [0.25, 0.3) is 0 Å². The lowest BCUT2D eigenvalue weighted by atomic mass is 10.0. The Hall–Kier alpha value is -1.59. The zero-order valence-corrected chi connectivity index (χ0v) is 55.6. The first-order valence-electron chi connectivity index (χ1n) is 37.5. The van der Waals surface area contributed by atoms with Crippen molar-refractivity contribution in [2.45, 2.75) is 451 Å². The molecule has 0 radical (unpaired) electrons. The summed E-state index contributed by atoms with van der Waals surface area (Å²) in [5, 5.41) is 0. The smallest absolute Gasteiger partial charge is 0.306 e. The Bertz CT molecular complexity index is 1220. The third-order valence-electron chi connectivity index (χ3n) is 17.6. The van der Waals surface area contributed by atoms with Crippen LogP contribution in [0.2, 0.25) is 0 Å². The van der Waals surface area contributed by atoms with Crippen LogP contribution in [0, 0.1) is 0 Å². The van der Waals surface area contributed by atoms with Crippen molar-refractivity contribution in [1.29, 1.82) is 0 Å². The van der Waals surface area contributed by atoms with E-state index in [-0.39, 0.29) is 31.1 Å². The summed E-state index contributed by atoms with van der Waals surface area (Å²) >= 11 is 0. The fourth-order valence-electron chi connectivity index (χ4n) is 12.0. The fourth-order valence-corrected chi connectivity index (χ4v) is 12.0. The maximum absolute atomic E-state index is 13.0. The van der Waals surface area contributed by atoms with Gasteiger partial charge in [-0.25, -0.2) is 0 Å². The average molecular weight is 1140 g/mol. The summed E-state index contributed by atoms with van der Waals surface area (Å²) in [6.07, 6.45) is 84.3. The molecule has 1 unspecified atom stereocenters. The van der Waals surface area contributed by atoms with E-state index in [9.17, 15) is 14.4 Å². The lowest BCUT2D eigenvalue weighted by Gasteiger charge is -2.18. The highest BCUT2D eigenvalue weighted by molar-refractivity contribution is 5.71. The number of carbonyl (C=O) groups excluding carboxylic acids is 3. The number of hydrogen-bond donors (Lipinski definition) is 0. The predicted octanol–water partition coefficient (Wildman–Crippen LogP) is 25.8. The van der Waals surface area contributed by atoms with Crippen molar-refractivity contribution >= 4 is 17.9 Å². The van der Waals surface area contributed by atoms with Gasteiger partial charge in [0.2, 0.25) is 0 Å². The number of ether oxygens (including phenoxy) is 3. The normalized spacial score (nSPS) is 11.9. The third kappa shape index (κ3) is 69.1. The molecular formula is C75H146O6. The summed E-state index contributed by atoms with van der Waals surface area (Å²) in [6, 6.07) is 0. The van der Waals surface area contributed by atoms with E-state index in [4.69, 9.17) is 14.2 Å². The second-order valence-electron chi connectivity index (χ2n) is 25.9. The molecule has 0 aromatic rings. The first-order chi connectivity index (χ1) is 40.0. The van der Waals surface area contributed by atoms with Crippen molar-refractivity contribution in [2.75, 3.05) is 13.2 Å². The van der Waals surface area contributed by atoms with Gasteiger partial charge in [-0.05, 0) is 19.3 Å². The minimum absolute atomic E-state index is 0.0598. The third-order valence-corrected chi connectivity index (χ3v) is 17.6. The molecule has 81 heavy (non-hydrogen) atoms. The predicted molar refractivity (Wildman–Crippen MR) is 354 cm³/mol. The molecule has 0 heterocycles. The van der Waals surface area contributed by atoms with Crippen molar-refractivity contribution in [1.82, 2.24) is 0 Å². The first-order valence-corrected chi connectivity index (χ1v) is 37.5. The molecule has 0 N–H and O–H groups in total. The minimum Gasteiger partial charge on any atom is -0.462 e. The van der Waals surface area contributed by atoms with Gasteiger partial charge in [0.05, 0.1) is 0 Å². The molecule has 0 aromatic carbocycles. The molecule has 0 fully saturated rings. The van der Waals surface area contributed by atoms with Crippen LogP contribution in [0.15, 0.2) is 0 Å². The SMILES string of the molecule is CCCCCCCCCCCCCCCCCCCCCCCCCCCC(=O)OCC(COC(=O)CCCCCCCCCCCCCCCCCC)OC(=O)CCCCCCCCCCCCCCCCCCCCCCCC. The van der Waals surface area contributed by atoms with Gasteiger partial charge >= 0.3 is 17.9 Å². The fraction of sp³-hybridized carbons (Fsp3) is 0.960. The standard InChI is InChI=1S/C75H146O6/c1-4-7-10-13-16-19-22-25-28-31-33-35-37-38-39-41-42-44-47-50-53-56-59-62-65-68-74(77)80-71-72(70-79-73(76)67-64-61-58-55-52-49-46-30-27-24-21-18-15-12-9-6-3)81-75(78)69-66-63-60-57-54-51-48-45-43-40-36-34-32-29-26-23-20-17-14-11-8-5-2/h72H,4-71H2,1-3H3. The van der Waals surface area contributed by atoms with Crippen LogP contribution in [0.4, 0.5) is 0 Å². The molecule has 6 heteroatoms. The quantitative estimate of drug-likeness (QED) is 0.0343. The zero-order chi connectivity index (χ0) is 58.5. The second kappa shape index (κ2) is 70.9. The maximum Gasteiger partial charge on any atom is 0.306 e. The van der Waals surface area contributed by atoms with Gasteiger partial charge in [0.15, 0.2) is 6.10 Å². The van der Waals surface area contributed by atoms with E-state index in [2.05, 4.69) is 20.8 Å². The summed E-state index contributed by atoms with van der Waals surface area (Å²) in [7, 11) is 0. The van der Waals surface area contributed by atoms with Gasteiger partial charge < -0.3 is 14.2 Å². The van der Waals surface area contributed by atoms with Gasteiger partial charge in [-0.1, -0.05) is 406 Å². The summed E-state index contributed by atoms with van der Waals surface area (Å²) in [5.41, 5.74) is 0. The summed E-state index contributed by atoms with van der Waals surface area (Å²) < 4.78 is 17.1. The second-order valence-corrected chi connectivity index (χ2v) is 25.9. The molecule has 0 bridgehead atoms. The summed E-state index contributed by atoms with van der Waals surface area (Å²) in [4.78, 5) is 38.5. The Kier molecular flexibility index (Phi) is 69.5. The Morgan fingerprint density at radius 3 is 0.494 bits per heavy atom. The van der Waals surface area contributed by atoms with Crippen molar-refractivity contribution in [3.63, 3.8) is 0 Å². The molecule has 0 saturated carbocycles. The number of carbonyl (C=O) groups is 3. The van der Waals surface area contributed by atoms with Gasteiger partial charge in [-0.2, -0.15) is 0 Å². The molecule has 1 atom stereocenters. The van der Waals surface area contributed by atoms with E-state index in [1.807, 2.05) is 0 Å². The maximum atomic E-state index is 13.0. The van der Waals surface area contributed by atoms with Gasteiger partial charge in [0, 0.05) is 19.3 Å². The number of unbranched alkanes of at least 4 members (excludes halogenated alkanes) is 60. The van der Waals surface area contributed by atoms with E-state index < -0.39 is 6.10 Å². The number of rotatable bonds is 71. The Labute approximate surface area is 508 Å². The monoisotopic (exact) mass is 1140 g/mol. The van der Waals surface area contributed by atoms with Crippen LogP contribution >= 0.6 is 0 Å². The van der Waals surface area contributed by atoms with Gasteiger partial charge in [-0.15, -0.1) is 0 Å². The molecule has 0 aliphatic carbocycles. The molecule has 0 spiro atoms. The van der Waals surface area contributed by atoms with Crippen LogP contribution in [0.3, 0.4) is 0 Å². The minimum atomic E-state index is -0.764. The highest BCUT2D eigenvalue weighted by Crippen LogP contribution is 2.20. The van der Waals surface area contributed by atoms with Gasteiger partial charge in [0.1, 0.15) is 13.2 Å².